The number of fused-ring (bicyclic) bond motifs is 1. The Balaban J connectivity index is 1.77. The summed E-state index contributed by atoms with van der Waals surface area (Å²) in [6.45, 7) is 5.83. The van der Waals surface area contributed by atoms with Crippen molar-refractivity contribution >= 4 is 17.2 Å². The van der Waals surface area contributed by atoms with E-state index in [4.69, 9.17) is 11.6 Å². The molecule has 3 nitrogen and oxygen atoms in total. The summed E-state index contributed by atoms with van der Waals surface area (Å²) in [5, 5.41) is 0.729. The molecule has 4 heteroatoms. The number of hydrogen-bond acceptors (Lipinski definition) is 2. The lowest BCUT2D eigenvalue weighted by Crippen LogP contribution is -2.20. The average molecular weight is 264 g/mol. The van der Waals surface area contributed by atoms with Crippen LogP contribution in [0.3, 0.4) is 0 Å². The molecule has 1 saturated heterocycles. The van der Waals surface area contributed by atoms with Crippen molar-refractivity contribution in [3.8, 4) is 0 Å². The van der Waals surface area contributed by atoms with E-state index in [9.17, 15) is 0 Å². The summed E-state index contributed by atoms with van der Waals surface area (Å²) in [5.74, 6) is 0.744. The molecule has 0 radical (unpaired) electrons. The first-order valence-corrected chi connectivity index (χ1v) is 6.99. The van der Waals surface area contributed by atoms with Gasteiger partial charge in [0.1, 0.15) is 10.8 Å². The van der Waals surface area contributed by atoms with E-state index in [0.29, 0.717) is 0 Å². The van der Waals surface area contributed by atoms with E-state index in [1.54, 1.807) is 0 Å². The van der Waals surface area contributed by atoms with Crippen LogP contribution in [0.4, 0.5) is 0 Å². The van der Waals surface area contributed by atoms with E-state index in [1.165, 1.54) is 19.5 Å². The molecule has 1 aliphatic heterocycles. The van der Waals surface area contributed by atoms with Crippen LogP contribution in [0.15, 0.2) is 24.4 Å². The molecule has 0 spiro atoms. The highest BCUT2D eigenvalue weighted by Crippen LogP contribution is 2.21. The molecule has 3 heterocycles. The van der Waals surface area contributed by atoms with Gasteiger partial charge in [-0.3, -0.25) is 4.40 Å². The molecule has 0 aliphatic carbocycles. The minimum Gasteiger partial charge on any atom is -0.303 e. The summed E-state index contributed by atoms with van der Waals surface area (Å²) in [5.41, 5.74) is 2.11. The predicted molar refractivity (Wildman–Crippen MR) is 74.1 cm³/mol. The summed E-state index contributed by atoms with van der Waals surface area (Å²) in [4.78, 5) is 7.16. The van der Waals surface area contributed by atoms with Crippen molar-refractivity contribution in [3.05, 3.63) is 35.2 Å². The Bertz CT molecular complexity index is 549. The molecule has 0 N–H and O–H groups in total. The minimum atomic E-state index is 0.729. The topological polar surface area (TPSA) is 20.5 Å². The lowest BCUT2D eigenvalue weighted by Gasteiger charge is -2.11. The molecule has 1 aliphatic rings. The highest BCUT2D eigenvalue weighted by Gasteiger charge is 2.22. The fourth-order valence-corrected chi connectivity index (χ4v) is 3.00. The van der Waals surface area contributed by atoms with Crippen LogP contribution in [0.5, 0.6) is 0 Å². The SMILES string of the molecule is CCN1CCC(Cc2cn3c(Cl)cccc3n2)C1. The third-order valence-corrected chi connectivity index (χ3v) is 4.12. The Morgan fingerprint density at radius 2 is 2.33 bits per heavy atom. The van der Waals surface area contributed by atoms with Crippen molar-refractivity contribution in [2.75, 3.05) is 19.6 Å². The van der Waals surface area contributed by atoms with Crippen molar-refractivity contribution < 1.29 is 0 Å². The largest absolute Gasteiger partial charge is 0.303 e. The number of pyridine rings is 1. The Morgan fingerprint density at radius 3 is 3.06 bits per heavy atom. The molecule has 1 unspecified atom stereocenters. The van der Waals surface area contributed by atoms with E-state index in [2.05, 4.69) is 23.0 Å². The van der Waals surface area contributed by atoms with Gasteiger partial charge in [0.2, 0.25) is 0 Å². The van der Waals surface area contributed by atoms with E-state index in [-0.39, 0.29) is 0 Å². The summed E-state index contributed by atoms with van der Waals surface area (Å²) < 4.78 is 1.96. The van der Waals surface area contributed by atoms with E-state index >= 15 is 0 Å². The minimum absolute atomic E-state index is 0.729. The van der Waals surface area contributed by atoms with Gasteiger partial charge in [-0.25, -0.2) is 4.98 Å². The van der Waals surface area contributed by atoms with Gasteiger partial charge in [0.05, 0.1) is 5.69 Å². The van der Waals surface area contributed by atoms with Crippen LogP contribution in [-0.2, 0) is 6.42 Å². The third-order valence-electron chi connectivity index (χ3n) is 3.81. The zero-order valence-electron chi connectivity index (χ0n) is 10.6. The predicted octanol–water partition coefficient (Wildman–Crippen LogP) is 2.87. The quantitative estimate of drug-likeness (QED) is 0.794. The Morgan fingerprint density at radius 1 is 1.44 bits per heavy atom. The maximum absolute atomic E-state index is 6.15. The monoisotopic (exact) mass is 263 g/mol. The Labute approximate surface area is 112 Å². The number of aromatic nitrogens is 2. The maximum Gasteiger partial charge on any atom is 0.138 e. The van der Waals surface area contributed by atoms with E-state index in [0.717, 1.165) is 35.4 Å². The van der Waals surface area contributed by atoms with Gasteiger partial charge in [-0.15, -0.1) is 0 Å². The van der Waals surface area contributed by atoms with Crippen molar-refractivity contribution in [2.24, 2.45) is 5.92 Å². The maximum atomic E-state index is 6.15. The summed E-state index contributed by atoms with van der Waals surface area (Å²) >= 11 is 6.15. The van der Waals surface area contributed by atoms with Gasteiger partial charge in [-0.1, -0.05) is 24.6 Å². The van der Waals surface area contributed by atoms with Gasteiger partial charge >= 0.3 is 0 Å². The average Bonchev–Trinajstić information content (AvgIpc) is 2.96. The zero-order chi connectivity index (χ0) is 12.5. The normalized spacial score (nSPS) is 20.9. The van der Waals surface area contributed by atoms with Crippen molar-refractivity contribution in [1.29, 1.82) is 0 Å². The first-order chi connectivity index (χ1) is 8.76. The molecular weight excluding hydrogens is 246 g/mol. The molecule has 0 bridgehead atoms. The number of halogens is 1. The molecule has 1 fully saturated rings. The first kappa shape index (κ1) is 12.0. The molecule has 18 heavy (non-hydrogen) atoms. The molecule has 0 aromatic carbocycles. The molecule has 3 rings (SSSR count). The fourth-order valence-electron chi connectivity index (χ4n) is 2.79. The molecule has 2 aromatic rings. The number of likely N-dealkylation sites (tertiary alicyclic amines) is 1. The highest BCUT2D eigenvalue weighted by atomic mass is 35.5. The van der Waals surface area contributed by atoms with Crippen LogP contribution >= 0.6 is 11.6 Å². The molecular formula is C14H18ClN3. The molecule has 2 aromatic heterocycles. The lowest BCUT2D eigenvalue weighted by atomic mass is 10.0. The van der Waals surface area contributed by atoms with Crippen LogP contribution in [0.1, 0.15) is 19.0 Å². The van der Waals surface area contributed by atoms with Crippen LogP contribution < -0.4 is 0 Å². The van der Waals surface area contributed by atoms with Crippen LogP contribution in [-0.4, -0.2) is 33.9 Å². The van der Waals surface area contributed by atoms with Crippen LogP contribution in [0.2, 0.25) is 5.15 Å². The van der Waals surface area contributed by atoms with Gasteiger partial charge < -0.3 is 4.90 Å². The second-order valence-corrected chi connectivity index (χ2v) is 5.45. The van der Waals surface area contributed by atoms with Gasteiger partial charge in [0.15, 0.2) is 0 Å². The second-order valence-electron chi connectivity index (χ2n) is 5.06. The van der Waals surface area contributed by atoms with E-state index < -0.39 is 0 Å². The van der Waals surface area contributed by atoms with Gasteiger partial charge in [-0.05, 0) is 44.0 Å². The number of hydrogen-bond donors (Lipinski definition) is 0. The molecule has 0 amide bonds. The van der Waals surface area contributed by atoms with Crippen molar-refractivity contribution in [2.45, 2.75) is 19.8 Å². The summed E-state index contributed by atoms with van der Waals surface area (Å²) in [7, 11) is 0. The van der Waals surface area contributed by atoms with Gasteiger partial charge in [-0.2, -0.15) is 0 Å². The second kappa shape index (κ2) is 4.90. The van der Waals surface area contributed by atoms with Crippen molar-refractivity contribution in [3.63, 3.8) is 0 Å². The summed E-state index contributed by atoms with van der Waals surface area (Å²) in [6.07, 6.45) is 4.43. The number of imidazole rings is 1. The lowest BCUT2D eigenvalue weighted by molar-refractivity contribution is 0.341. The standard InChI is InChI=1S/C14H18ClN3/c1-2-17-7-6-11(9-17)8-12-10-18-13(15)4-3-5-14(18)16-12/h3-5,10-11H,2,6-9H2,1H3. The van der Waals surface area contributed by atoms with Crippen LogP contribution in [0.25, 0.3) is 5.65 Å². The Kier molecular flexibility index (Phi) is 3.27. The highest BCUT2D eigenvalue weighted by molar-refractivity contribution is 6.29. The molecule has 1 atom stereocenters. The fraction of sp³-hybridized carbons (Fsp3) is 0.500. The smallest absolute Gasteiger partial charge is 0.138 e. The van der Waals surface area contributed by atoms with Gasteiger partial charge in [0, 0.05) is 12.7 Å². The summed E-state index contributed by atoms with van der Waals surface area (Å²) in [6, 6.07) is 5.85. The molecule has 96 valence electrons. The van der Waals surface area contributed by atoms with Crippen molar-refractivity contribution in [1.82, 2.24) is 14.3 Å². The molecule has 0 saturated carbocycles. The number of rotatable bonds is 3. The van der Waals surface area contributed by atoms with Crippen LogP contribution in [0, 0.1) is 5.92 Å². The third kappa shape index (κ3) is 2.25. The zero-order valence-corrected chi connectivity index (χ0v) is 11.4. The first-order valence-electron chi connectivity index (χ1n) is 6.61. The Hall–Kier alpha value is -1.06. The number of nitrogens with zero attached hydrogens (tertiary/aromatic N) is 3. The van der Waals surface area contributed by atoms with Gasteiger partial charge in [0.25, 0.3) is 0 Å². The van der Waals surface area contributed by atoms with E-state index in [1.807, 2.05) is 22.6 Å².